The van der Waals surface area contributed by atoms with Crippen molar-refractivity contribution in [1.29, 1.82) is 0 Å². The lowest BCUT2D eigenvalue weighted by Crippen LogP contribution is -2.67. The Kier molecular flexibility index (Phi) is 6.97. The van der Waals surface area contributed by atoms with Crippen molar-refractivity contribution in [2.75, 3.05) is 6.61 Å². The van der Waals surface area contributed by atoms with E-state index in [9.17, 15) is 9.90 Å². The third-order valence-electron chi connectivity index (χ3n) is 6.39. The highest BCUT2D eigenvalue weighted by Crippen LogP contribution is 2.39. The van der Waals surface area contributed by atoms with Gasteiger partial charge in [0.1, 0.15) is 12.2 Å². The fourth-order valence-corrected chi connectivity index (χ4v) is 9.56. The minimum absolute atomic E-state index is 0.198. The van der Waals surface area contributed by atoms with Crippen LogP contribution in [0.25, 0.3) is 0 Å². The van der Waals surface area contributed by atoms with Crippen LogP contribution in [-0.2, 0) is 23.4 Å². The zero-order valence-corrected chi connectivity index (χ0v) is 21.4. The van der Waals surface area contributed by atoms with Gasteiger partial charge < -0.3 is 23.7 Å². The maximum absolute atomic E-state index is 12.6. The lowest BCUT2D eigenvalue weighted by Gasteiger charge is -2.43. The molecule has 0 aliphatic carbocycles. The van der Waals surface area contributed by atoms with Crippen LogP contribution in [0.15, 0.2) is 72.8 Å². The Morgan fingerprint density at radius 3 is 2.06 bits per heavy atom. The van der Waals surface area contributed by atoms with Gasteiger partial charge in [-0.25, -0.2) is 0 Å². The predicted molar refractivity (Wildman–Crippen MR) is 132 cm³/mol. The maximum atomic E-state index is 12.6. The highest BCUT2D eigenvalue weighted by molar-refractivity contribution is 6.99. The average Bonchev–Trinajstić information content (AvgIpc) is 3.10. The Hall–Kier alpha value is -2.13. The van der Waals surface area contributed by atoms with Gasteiger partial charge in [0, 0.05) is 0 Å². The zero-order valence-electron chi connectivity index (χ0n) is 20.4. The molecule has 0 bridgehead atoms. The standard InChI is InChI=1S/C27H34O6Si/c1-26(2,3)34(19-12-8-6-9-13-19,20-14-10-7-11-15-20)30-18-22-25(33-27(4,5)32-22)24-21(28)16-17-23(29)31-24/h6-17,22-25,29H,18H2,1-5H3/t22-,23-,24-,25+/m0/s1. The van der Waals surface area contributed by atoms with E-state index in [1.807, 2.05) is 50.2 Å². The fraction of sp³-hybridized carbons (Fsp3) is 0.444. The highest BCUT2D eigenvalue weighted by Gasteiger charge is 2.53. The molecule has 7 heteroatoms. The number of rotatable bonds is 6. The summed E-state index contributed by atoms with van der Waals surface area (Å²) in [5, 5.41) is 12.1. The number of hydrogen-bond acceptors (Lipinski definition) is 6. The van der Waals surface area contributed by atoms with Gasteiger partial charge in [-0.2, -0.15) is 0 Å². The second-order valence-electron chi connectivity index (χ2n) is 10.3. The van der Waals surface area contributed by atoms with E-state index in [2.05, 4.69) is 45.0 Å². The molecule has 4 rings (SSSR count). The lowest BCUT2D eigenvalue weighted by atomic mass is 10.0. The van der Waals surface area contributed by atoms with Crippen molar-refractivity contribution in [3.63, 3.8) is 0 Å². The minimum atomic E-state index is -2.80. The summed E-state index contributed by atoms with van der Waals surface area (Å²) in [6.45, 7) is 10.5. The summed E-state index contributed by atoms with van der Waals surface area (Å²) < 4.78 is 24.9. The van der Waals surface area contributed by atoms with Gasteiger partial charge >= 0.3 is 0 Å². The molecule has 4 atom stereocenters. The third kappa shape index (κ3) is 4.82. The number of aliphatic hydroxyl groups excluding tert-OH is 1. The Morgan fingerprint density at radius 2 is 1.53 bits per heavy atom. The third-order valence-corrected chi connectivity index (χ3v) is 11.4. The van der Waals surface area contributed by atoms with Crippen molar-refractivity contribution in [2.24, 2.45) is 0 Å². The summed E-state index contributed by atoms with van der Waals surface area (Å²) in [5.41, 5.74) is 0. The summed E-state index contributed by atoms with van der Waals surface area (Å²) in [6.07, 6.45) is -0.714. The molecule has 2 heterocycles. The average molecular weight is 483 g/mol. The molecule has 0 saturated carbocycles. The van der Waals surface area contributed by atoms with Gasteiger partial charge in [0.25, 0.3) is 8.32 Å². The Balaban J connectivity index is 1.71. The number of hydrogen-bond donors (Lipinski definition) is 1. The van der Waals surface area contributed by atoms with Crippen molar-refractivity contribution in [3.8, 4) is 0 Å². The second kappa shape index (κ2) is 9.49. The summed E-state index contributed by atoms with van der Waals surface area (Å²) in [4.78, 5) is 12.6. The van der Waals surface area contributed by atoms with Gasteiger partial charge in [-0.05, 0) is 41.4 Å². The molecule has 2 aromatic carbocycles. The van der Waals surface area contributed by atoms with E-state index in [1.165, 1.54) is 12.2 Å². The molecule has 1 saturated heterocycles. The van der Waals surface area contributed by atoms with E-state index >= 15 is 0 Å². The van der Waals surface area contributed by atoms with Crippen molar-refractivity contribution in [1.82, 2.24) is 0 Å². The van der Waals surface area contributed by atoms with Crippen LogP contribution < -0.4 is 10.4 Å². The van der Waals surface area contributed by atoms with Crippen LogP contribution in [0, 0.1) is 0 Å². The largest absolute Gasteiger partial charge is 0.405 e. The first-order chi connectivity index (χ1) is 16.0. The van der Waals surface area contributed by atoms with Gasteiger partial charge in [-0.3, -0.25) is 4.79 Å². The summed E-state index contributed by atoms with van der Waals surface area (Å²) in [6, 6.07) is 20.7. The fourth-order valence-electron chi connectivity index (χ4n) is 4.99. The van der Waals surface area contributed by atoms with Crippen molar-refractivity contribution >= 4 is 24.5 Å². The van der Waals surface area contributed by atoms with Crippen LogP contribution in [0.1, 0.15) is 34.6 Å². The Bertz CT molecular complexity index is 975. The van der Waals surface area contributed by atoms with E-state index in [4.69, 9.17) is 18.6 Å². The number of carbonyl (C=O) groups excluding carboxylic acids is 1. The molecule has 0 unspecified atom stereocenters. The lowest BCUT2D eigenvalue weighted by molar-refractivity contribution is -0.185. The summed E-state index contributed by atoms with van der Waals surface area (Å²) in [5.74, 6) is -1.17. The topological polar surface area (TPSA) is 74.2 Å². The molecule has 2 aromatic rings. The molecule has 182 valence electrons. The number of aliphatic hydroxyl groups is 1. The number of ketones is 1. The van der Waals surface area contributed by atoms with E-state index < -0.39 is 38.7 Å². The SMILES string of the molecule is CC1(C)O[C@@H]([C@H]2O[C@H](O)C=CC2=O)[C@H](CO[Si](c2ccccc2)(c2ccccc2)C(C)(C)C)O1. The van der Waals surface area contributed by atoms with Crippen LogP contribution in [0.3, 0.4) is 0 Å². The minimum Gasteiger partial charge on any atom is -0.405 e. The van der Waals surface area contributed by atoms with Crippen LogP contribution in [0.4, 0.5) is 0 Å². The van der Waals surface area contributed by atoms with E-state index in [0.717, 1.165) is 10.4 Å². The molecular formula is C27H34O6Si. The molecule has 34 heavy (non-hydrogen) atoms. The van der Waals surface area contributed by atoms with E-state index in [1.54, 1.807) is 0 Å². The van der Waals surface area contributed by atoms with Crippen LogP contribution in [0.5, 0.6) is 0 Å². The molecule has 6 nitrogen and oxygen atoms in total. The first kappa shape index (κ1) is 25.0. The van der Waals surface area contributed by atoms with Crippen LogP contribution >= 0.6 is 0 Å². The van der Waals surface area contributed by atoms with Crippen molar-refractivity contribution in [2.45, 2.75) is 70.0 Å². The zero-order chi connectivity index (χ0) is 24.6. The van der Waals surface area contributed by atoms with Crippen LogP contribution in [0.2, 0.25) is 5.04 Å². The molecule has 0 amide bonds. The van der Waals surface area contributed by atoms with Gasteiger partial charge in [-0.1, -0.05) is 81.4 Å². The van der Waals surface area contributed by atoms with Gasteiger partial charge in [0.15, 0.2) is 24.0 Å². The molecule has 0 aromatic heterocycles. The molecule has 1 fully saturated rings. The van der Waals surface area contributed by atoms with E-state index in [-0.39, 0.29) is 17.4 Å². The number of carbonyl (C=O) groups is 1. The second-order valence-corrected chi connectivity index (χ2v) is 14.6. The normalized spacial score (nSPS) is 27.2. The number of ether oxygens (including phenoxy) is 3. The molecule has 1 N–H and O–H groups in total. The monoisotopic (exact) mass is 482 g/mol. The Labute approximate surface area is 202 Å². The molecule has 0 spiro atoms. The first-order valence-corrected chi connectivity index (χ1v) is 13.6. The van der Waals surface area contributed by atoms with Crippen LogP contribution in [-0.4, -0.2) is 56.2 Å². The Morgan fingerprint density at radius 1 is 0.971 bits per heavy atom. The molecule has 0 radical (unpaired) electrons. The quantitative estimate of drug-likeness (QED) is 0.639. The maximum Gasteiger partial charge on any atom is 0.261 e. The number of benzene rings is 2. The van der Waals surface area contributed by atoms with Gasteiger partial charge in [0.2, 0.25) is 0 Å². The van der Waals surface area contributed by atoms with E-state index in [0.29, 0.717) is 0 Å². The van der Waals surface area contributed by atoms with Crippen molar-refractivity contribution < 1.29 is 28.5 Å². The predicted octanol–water partition coefficient (Wildman–Crippen LogP) is 2.93. The molecule has 2 aliphatic rings. The molecular weight excluding hydrogens is 448 g/mol. The smallest absolute Gasteiger partial charge is 0.261 e. The first-order valence-electron chi connectivity index (χ1n) is 11.7. The van der Waals surface area contributed by atoms with Gasteiger partial charge in [0.05, 0.1) is 6.61 Å². The van der Waals surface area contributed by atoms with Crippen molar-refractivity contribution in [3.05, 3.63) is 72.8 Å². The summed E-state index contributed by atoms with van der Waals surface area (Å²) >= 11 is 0. The highest BCUT2D eigenvalue weighted by atomic mass is 28.4. The molecule has 2 aliphatic heterocycles. The summed E-state index contributed by atoms with van der Waals surface area (Å²) in [7, 11) is -2.80. The van der Waals surface area contributed by atoms with Gasteiger partial charge in [-0.15, -0.1) is 0 Å².